The normalized spacial score (nSPS) is 32.6. The first-order valence-corrected chi connectivity index (χ1v) is 16.5. The van der Waals surface area contributed by atoms with Crippen LogP contribution in [0.3, 0.4) is 0 Å². The van der Waals surface area contributed by atoms with Crippen LogP contribution >= 0.6 is 15.6 Å². The zero-order valence-electron chi connectivity index (χ0n) is 23.7. The van der Waals surface area contributed by atoms with Gasteiger partial charge in [-0.2, -0.15) is 4.31 Å². The highest BCUT2D eigenvalue weighted by Gasteiger charge is 2.54. The second kappa shape index (κ2) is 11.8. The van der Waals surface area contributed by atoms with Crippen LogP contribution in [0.25, 0.3) is 22.1 Å². The third kappa shape index (κ3) is 5.79. The first-order chi connectivity index (χ1) is 21.6. The topological polar surface area (TPSA) is 316 Å². The number of hydrogen-bond donors (Lipinski definition) is 9. The lowest BCUT2D eigenvalue weighted by molar-refractivity contribution is -0.131. The summed E-state index contributed by atoms with van der Waals surface area (Å²) in [5.74, 6) is 0.0506. The van der Waals surface area contributed by atoms with Crippen molar-refractivity contribution in [2.45, 2.75) is 55.5 Å². The molecule has 10 N–H and O–H groups in total. The van der Waals surface area contributed by atoms with Gasteiger partial charge >= 0.3 is 15.6 Å². The van der Waals surface area contributed by atoms with Crippen LogP contribution in [-0.4, -0.2) is 109 Å². The summed E-state index contributed by atoms with van der Waals surface area (Å²) in [6.07, 6.45) is -5.22. The number of aromatic nitrogens is 6. The zero-order valence-corrected chi connectivity index (χ0v) is 25.5. The van der Waals surface area contributed by atoms with Crippen LogP contribution in [0.2, 0.25) is 0 Å². The smallest absolute Gasteiger partial charge is 0.387 e. The molecule has 46 heavy (non-hydrogen) atoms. The van der Waals surface area contributed by atoms with Crippen molar-refractivity contribution >= 4 is 43.5 Å². The van der Waals surface area contributed by atoms with E-state index in [0.717, 1.165) is 6.33 Å². The maximum Gasteiger partial charge on any atom is 0.481 e. The fraction of sp³-hybridized carbons (Fsp3) is 0.478. The second-order valence-electron chi connectivity index (χ2n) is 10.7. The standard InChI is InChI=1S/C23H30N8O13P2/c1-23(31-9-29-14-19(24)27-8-28-21(14)31)18(35)16(33)13(43-23)7-41-46(38,39)44-45(36,37)40-6-12-15(32)17(34)22(42-12)30-5-3-11-10(20(30)25)2-4-26-11/h2-5,8-9,12-13,15-18,22,25-26,32-35H,6-7H2,1H3,(H,36,37)(H,38,39)(H2,24,27,28)/t12-,13+,15?,16?,17+,18-,22-,23+/m1/s1. The van der Waals surface area contributed by atoms with Gasteiger partial charge in [-0.1, -0.05) is 0 Å². The summed E-state index contributed by atoms with van der Waals surface area (Å²) in [6.45, 7) is -0.402. The van der Waals surface area contributed by atoms with Crippen molar-refractivity contribution in [1.29, 1.82) is 5.41 Å². The summed E-state index contributed by atoms with van der Waals surface area (Å²) < 4.78 is 52.8. The Bertz CT molecular complexity index is 1920. The molecule has 0 bridgehead atoms. The Kier molecular flexibility index (Phi) is 8.43. The Morgan fingerprint density at radius 3 is 2.46 bits per heavy atom. The molecule has 0 aliphatic carbocycles. The number of imidazole rings is 1. The number of H-pyrrole nitrogens is 1. The lowest BCUT2D eigenvalue weighted by Crippen LogP contribution is -2.43. The molecule has 4 unspecified atom stereocenters. The van der Waals surface area contributed by atoms with E-state index in [-0.39, 0.29) is 22.5 Å². The van der Waals surface area contributed by atoms with E-state index in [1.54, 1.807) is 18.3 Å². The third-order valence-electron chi connectivity index (χ3n) is 7.80. The molecule has 0 aromatic carbocycles. The Balaban J connectivity index is 1.06. The summed E-state index contributed by atoms with van der Waals surface area (Å²) in [4.78, 5) is 35.2. The number of nitrogens with one attached hydrogen (secondary N) is 2. The van der Waals surface area contributed by atoms with E-state index in [2.05, 4.69) is 24.2 Å². The largest absolute Gasteiger partial charge is 0.481 e. The van der Waals surface area contributed by atoms with Crippen molar-refractivity contribution in [3.05, 3.63) is 42.7 Å². The lowest BCUT2D eigenvalue weighted by Gasteiger charge is -2.29. The van der Waals surface area contributed by atoms with E-state index in [1.165, 1.54) is 28.6 Å². The maximum atomic E-state index is 12.6. The maximum absolute atomic E-state index is 12.6. The molecule has 0 saturated carbocycles. The van der Waals surface area contributed by atoms with Gasteiger partial charge in [0.05, 0.1) is 25.1 Å². The Morgan fingerprint density at radius 1 is 1.04 bits per heavy atom. The summed E-state index contributed by atoms with van der Waals surface area (Å²) in [5.41, 5.74) is 5.04. The van der Waals surface area contributed by atoms with Crippen molar-refractivity contribution in [3.63, 3.8) is 0 Å². The fourth-order valence-electron chi connectivity index (χ4n) is 5.39. The van der Waals surface area contributed by atoms with E-state index in [9.17, 15) is 39.3 Å². The van der Waals surface area contributed by atoms with Crippen LogP contribution in [-0.2, 0) is 37.7 Å². The molecule has 250 valence electrons. The molecule has 23 heteroatoms. The Hall–Kier alpha value is -3.14. The number of aliphatic hydroxyl groups excluding tert-OH is 4. The van der Waals surface area contributed by atoms with Gasteiger partial charge in [-0.15, -0.1) is 0 Å². The molecule has 0 amide bonds. The number of pyridine rings is 1. The summed E-state index contributed by atoms with van der Waals surface area (Å²) in [6, 6.07) is 3.25. The van der Waals surface area contributed by atoms with Crippen LogP contribution in [0.1, 0.15) is 13.2 Å². The van der Waals surface area contributed by atoms with Gasteiger partial charge in [-0.05, 0) is 19.1 Å². The van der Waals surface area contributed by atoms with E-state index in [1.807, 2.05) is 0 Å². The van der Waals surface area contributed by atoms with Gasteiger partial charge in [-0.3, -0.25) is 19.0 Å². The van der Waals surface area contributed by atoms with E-state index < -0.39 is 77.4 Å². The van der Waals surface area contributed by atoms with Crippen LogP contribution < -0.4 is 11.2 Å². The van der Waals surface area contributed by atoms with Gasteiger partial charge in [0.1, 0.15) is 54.0 Å². The predicted octanol–water partition coefficient (Wildman–Crippen LogP) is -1.47. The first kappa shape index (κ1) is 32.8. The number of nitrogen functional groups attached to an aromatic ring is 1. The minimum atomic E-state index is -5.38. The second-order valence-corrected chi connectivity index (χ2v) is 13.8. The molecule has 21 nitrogen and oxygen atoms in total. The number of anilines is 1. The quantitative estimate of drug-likeness (QED) is 0.0859. The van der Waals surface area contributed by atoms with Gasteiger partial charge in [0.2, 0.25) is 0 Å². The molecule has 2 aliphatic rings. The number of nitrogens with zero attached hydrogens (tertiary/aromatic N) is 5. The molecule has 10 atom stereocenters. The summed E-state index contributed by atoms with van der Waals surface area (Å²) in [7, 11) is -10.8. The monoisotopic (exact) mass is 688 g/mol. The molecule has 2 aliphatic heterocycles. The number of rotatable bonds is 10. The van der Waals surface area contributed by atoms with E-state index in [4.69, 9.17) is 29.7 Å². The van der Waals surface area contributed by atoms with Gasteiger partial charge < -0.3 is 55.0 Å². The van der Waals surface area contributed by atoms with Crippen molar-refractivity contribution in [2.24, 2.45) is 0 Å². The molecule has 6 heterocycles. The molecule has 0 spiro atoms. The molecular weight excluding hydrogens is 658 g/mol. The number of phosphoric ester groups is 2. The van der Waals surface area contributed by atoms with E-state index in [0.29, 0.717) is 10.9 Å². The van der Waals surface area contributed by atoms with Crippen LogP contribution in [0, 0.1) is 5.41 Å². The van der Waals surface area contributed by atoms with Crippen LogP contribution in [0.4, 0.5) is 5.82 Å². The minimum absolute atomic E-state index is 0.0488. The van der Waals surface area contributed by atoms with Crippen molar-refractivity contribution < 1.29 is 62.2 Å². The number of nitrogens with two attached hydrogens (primary N) is 1. The van der Waals surface area contributed by atoms with E-state index >= 15 is 0 Å². The fourth-order valence-corrected chi connectivity index (χ4v) is 7.48. The van der Waals surface area contributed by atoms with Crippen LogP contribution in [0.15, 0.2) is 37.2 Å². The number of fused-ring (bicyclic) bond motifs is 2. The predicted molar refractivity (Wildman–Crippen MR) is 151 cm³/mol. The number of hydrogen-bond acceptors (Lipinski definition) is 16. The highest BCUT2D eigenvalue weighted by Crippen LogP contribution is 2.61. The van der Waals surface area contributed by atoms with Crippen molar-refractivity contribution in [1.82, 2.24) is 29.1 Å². The van der Waals surface area contributed by atoms with Crippen molar-refractivity contribution in [3.8, 4) is 0 Å². The highest BCUT2D eigenvalue weighted by molar-refractivity contribution is 7.61. The average Bonchev–Trinajstić information content (AvgIpc) is 3.76. The Labute approximate surface area is 257 Å². The number of ether oxygens (including phenoxy) is 2. The molecule has 4 aromatic heterocycles. The number of phosphoric acid groups is 2. The van der Waals surface area contributed by atoms with Gasteiger partial charge in [0, 0.05) is 17.8 Å². The zero-order chi connectivity index (χ0) is 33.2. The average molecular weight is 688 g/mol. The summed E-state index contributed by atoms with van der Waals surface area (Å²) >= 11 is 0. The molecule has 2 saturated heterocycles. The Morgan fingerprint density at radius 2 is 1.74 bits per heavy atom. The van der Waals surface area contributed by atoms with Crippen LogP contribution in [0.5, 0.6) is 0 Å². The SMILES string of the molecule is C[C@]1(n2cnc3c(N)ncnc32)O[C@@H](COP(=O)(O)OP(=O)(O)OC[C@H]2O[C@@H](n3ccc4[nH]ccc4c3=N)[C@@H](O)C2O)C(O)[C@H]1O. The third-order valence-corrected chi connectivity index (χ3v) is 10.4. The first-order valence-electron chi connectivity index (χ1n) is 13.5. The van der Waals surface area contributed by atoms with Gasteiger partial charge in [-0.25, -0.2) is 24.1 Å². The molecule has 4 aromatic rings. The minimum Gasteiger partial charge on any atom is -0.387 e. The molecular formula is C23H30N8O13P2. The molecule has 6 rings (SSSR count). The lowest BCUT2D eigenvalue weighted by atomic mass is 10.0. The molecule has 0 radical (unpaired) electrons. The van der Waals surface area contributed by atoms with Gasteiger partial charge in [0.25, 0.3) is 0 Å². The number of aromatic amines is 1. The molecule has 2 fully saturated rings. The van der Waals surface area contributed by atoms with Gasteiger partial charge in [0.15, 0.2) is 23.4 Å². The van der Waals surface area contributed by atoms with Crippen molar-refractivity contribution in [2.75, 3.05) is 18.9 Å². The highest BCUT2D eigenvalue weighted by atomic mass is 31.3. The summed E-state index contributed by atoms with van der Waals surface area (Å²) in [5, 5.41) is 51.3. The number of aliphatic hydroxyl groups is 4.